The van der Waals surface area contributed by atoms with Crippen LogP contribution in [0.2, 0.25) is 0 Å². The number of aliphatic hydroxyl groups excluding tert-OH is 1. The van der Waals surface area contributed by atoms with Crippen LogP contribution in [-0.2, 0) is 24.7 Å². The fourth-order valence-electron chi connectivity index (χ4n) is 3.10. The molecule has 0 bridgehead atoms. The van der Waals surface area contributed by atoms with Gasteiger partial charge in [0.2, 0.25) is 0 Å². The highest BCUT2D eigenvalue weighted by molar-refractivity contribution is 7.91. The van der Waals surface area contributed by atoms with Crippen LogP contribution in [0.5, 0.6) is 0 Å². The van der Waals surface area contributed by atoms with Crippen LogP contribution in [0.25, 0.3) is 0 Å². The van der Waals surface area contributed by atoms with Gasteiger partial charge in [0, 0.05) is 0 Å². The van der Waals surface area contributed by atoms with Gasteiger partial charge < -0.3 is 21.3 Å². The highest BCUT2D eigenvalue weighted by Gasteiger charge is 2.23. The molecule has 0 aliphatic carbocycles. The number of carbonyl (C=O) groups excluding carboxylic acids is 1. The predicted octanol–water partition coefficient (Wildman–Crippen LogP) is 3.48. The molecule has 6 N–H and O–H groups in total. The molecule has 0 heterocycles. The average molecular weight is 563 g/mol. The lowest BCUT2D eigenvalue weighted by Gasteiger charge is -2.10. The van der Waals surface area contributed by atoms with E-state index >= 15 is 0 Å². The van der Waals surface area contributed by atoms with Gasteiger partial charge in [-0.25, -0.2) is 13.2 Å². The van der Waals surface area contributed by atoms with Crippen LogP contribution in [0.4, 0.5) is 34.1 Å². The van der Waals surface area contributed by atoms with Crippen molar-refractivity contribution >= 4 is 60.0 Å². The fraction of sp³-hybridized carbons (Fsp3) is 0.136. The SMILES string of the molecule is COC(=O)c1ccccc1/N=N/c1cc(S(=O)(=O)O)c(N)c(/N=N/c2cccc(S(=O)(=O)CCO)c2)c1N. The molecule has 38 heavy (non-hydrogen) atoms. The summed E-state index contributed by atoms with van der Waals surface area (Å²) in [5.41, 5.74) is 10.7. The Kier molecular flexibility index (Phi) is 8.52. The third-order valence-corrected chi connectivity index (χ3v) is 7.56. The van der Waals surface area contributed by atoms with E-state index in [1.807, 2.05) is 0 Å². The molecule has 0 fully saturated rings. The number of carbonyl (C=O) groups is 1. The molecule has 0 unspecified atom stereocenters. The molecule has 0 saturated carbocycles. The number of sulfone groups is 1. The monoisotopic (exact) mass is 562 g/mol. The number of azo groups is 2. The number of hydrogen-bond acceptors (Lipinski definition) is 13. The summed E-state index contributed by atoms with van der Waals surface area (Å²) >= 11 is 0. The van der Waals surface area contributed by atoms with Gasteiger partial charge in [-0.05, 0) is 36.4 Å². The number of nitrogens with zero attached hydrogens (tertiary/aromatic N) is 4. The molecule has 0 aliphatic rings. The molecule has 0 radical (unpaired) electrons. The van der Waals surface area contributed by atoms with E-state index in [1.54, 1.807) is 12.1 Å². The summed E-state index contributed by atoms with van der Waals surface area (Å²) < 4.78 is 62.7. The van der Waals surface area contributed by atoms with Crippen molar-refractivity contribution in [3.63, 3.8) is 0 Å². The third-order valence-electron chi connectivity index (χ3n) is 4.97. The van der Waals surface area contributed by atoms with Gasteiger partial charge in [-0.15, -0.1) is 15.3 Å². The van der Waals surface area contributed by atoms with Crippen LogP contribution in [0.3, 0.4) is 0 Å². The number of rotatable bonds is 9. The van der Waals surface area contributed by atoms with Gasteiger partial charge in [0.25, 0.3) is 10.1 Å². The van der Waals surface area contributed by atoms with Crippen molar-refractivity contribution in [2.45, 2.75) is 9.79 Å². The maximum Gasteiger partial charge on any atom is 0.340 e. The highest BCUT2D eigenvalue weighted by atomic mass is 32.2. The van der Waals surface area contributed by atoms with E-state index < -0.39 is 48.9 Å². The minimum absolute atomic E-state index is 0.0373. The molecule has 16 heteroatoms. The molecular weight excluding hydrogens is 540 g/mol. The standard InChI is InChI=1S/C22H22N6O8S2/c1-36-22(30)15-7-2-3-8-16(15)26-27-17-12-18(38(33,34)35)20(24)21(19(17)23)28-25-13-5-4-6-14(11-13)37(31,32)10-9-29/h2-8,11-12,29H,9-10,23-24H2,1H3,(H,33,34,35)/b27-26+,28-25+. The lowest BCUT2D eigenvalue weighted by molar-refractivity contribution is 0.0601. The van der Waals surface area contributed by atoms with Gasteiger partial charge in [-0.1, -0.05) is 18.2 Å². The fourth-order valence-corrected chi connectivity index (χ4v) is 4.80. The quantitative estimate of drug-likeness (QED) is 0.128. The summed E-state index contributed by atoms with van der Waals surface area (Å²) in [6.45, 7) is -0.578. The Hall–Kier alpha value is -4.25. The summed E-state index contributed by atoms with van der Waals surface area (Å²) in [5.74, 6) is -1.20. The van der Waals surface area contributed by atoms with Gasteiger partial charge in [-0.3, -0.25) is 4.55 Å². The van der Waals surface area contributed by atoms with Crippen molar-refractivity contribution in [3.8, 4) is 0 Å². The number of anilines is 2. The first-order chi connectivity index (χ1) is 17.9. The molecule has 3 aromatic rings. The topological polar surface area (TPSA) is 237 Å². The van der Waals surface area contributed by atoms with Gasteiger partial charge in [0.15, 0.2) is 9.84 Å². The normalized spacial score (nSPS) is 12.3. The van der Waals surface area contributed by atoms with Crippen molar-refractivity contribution in [1.29, 1.82) is 0 Å². The van der Waals surface area contributed by atoms with Crippen LogP contribution in [0.1, 0.15) is 10.4 Å². The van der Waals surface area contributed by atoms with Gasteiger partial charge in [-0.2, -0.15) is 13.5 Å². The first-order valence-electron chi connectivity index (χ1n) is 10.5. The van der Waals surface area contributed by atoms with Gasteiger partial charge >= 0.3 is 5.97 Å². The first-order valence-corrected chi connectivity index (χ1v) is 13.6. The smallest absolute Gasteiger partial charge is 0.340 e. The van der Waals surface area contributed by atoms with Crippen molar-refractivity contribution in [2.24, 2.45) is 20.5 Å². The maximum absolute atomic E-state index is 12.2. The van der Waals surface area contributed by atoms with Crippen LogP contribution in [-0.4, -0.2) is 51.9 Å². The van der Waals surface area contributed by atoms with E-state index in [4.69, 9.17) is 21.3 Å². The number of methoxy groups -OCH3 is 1. The molecule has 200 valence electrons. The van der Waals surface area contributed by atoms with Crippen molar-refractivity contribution in [1.82, 2.24) is 0 Å². The molecule has 0 spiro atoms. The van der Waals surface area contributed by atoms with E-state index in [0.717, 1.165) is 6.07 Å². The largest absolute Gasteiger partial charge is 0.465 e. The van der Waals surface area contributed by atoms with E-state index in [1.165, 1.54) is 43.5 Å². The second-order valence-corrected chi connectivity index (χ2v) is 11.0. The number of nitrogens with two attached hydrogens (primary N) is 2. The van der Waals surface area contributed by atoms with E-state index in [9.17, 15) is 26.2 Å². The van der Waals surface area contributed by atoms with Crippen LogP contribution < -0.4 is 11.5 Å². The number of esters is 1. The van der Waals surface area contributed by atoms with Gasteiger partial charge in [0.1, 0.15) is 22.0 Å². The zero-order valence-electron chi connectivity index (χ0n) is 19.7. The van der Waals surface area contributed by atoms with Crippen molar-refractivity contribution in [3.05, 3.63) is 60.2 Å². The lowest BCUT2D eigenvalue weighted by atomic mass is 10.2. The molecule has 0 aromatic heterocycles. The molecule has 0 saturated heterocycles. The van der Waals surface area contributed by atoms with Crippen LogP contribution in [0.15, 0.2) is 84.8 Å². The number of hydrogen-bond donors (Lipinski definition) is 4. The lowest BCUT2D eigenvalue weighted by Crippen LogP contribution is -2.09. The Morgan fingerprint density at radius 2 is 1.58 bits per heavy atom. The minimum atomic E-state index is -4.88. The minimum Gasteiger partial charge on any atom is -0.465 e. The van der Waals surface area contributed by atoms with Gasteiger partial charge in [0.05, 0.1) is 47.0 Å². The third kappa shape index (κ3) is 6.35. The molecule has 14 nitrogen and oxygen atoms in total. The highest BCUT2D eigenvalue weighted by Crippen LogP contribution is 2.43. The molecule has 0 amide bonds. The van der Waals surface area contributed by atoms with E-state index in [2.05, 4.69) is 20.5 Å². The predicted molar refractivity (Wildman–Crippen MR) is 137 cm³/mol. The summed E-state index contributed by atoms with van der Waals surface area (Å²) in [5, 5.41) is 24.6. The second kappa shape index (κ2) is 11.4. The summed E-state index contributed by atoms with van der Waals surface area (Å²) in [6.07, 6.45) is 0. The summed E-state index contributed by atoms with van der Waals surface area (Å²) in [4.78, 5) is 11.1. The molecule has 0 aliphatic heterocycles. The van der Waals surface area contributed by atoms with Crippen LogP contribution in [0, 0.1) is 0 Å². The average Bonchev–Trinajstić information content (AvgIpc) is 2.87. The van der Waals surface area contributed by atoms with E-state index in [-0.39, 0.29) is 38.9 Å². The zero-order valence-corrected chi connectivity index (χ0v) is 21.3. The Bertz CT molecular complexity index is 1650. The van der Waals surface area contributed by atoms with Crippen LogP contribution >= 0.6 is 0 Å². The number of nitrogen functional groups attached to an aromatic ring is 2. The Balaban J connectivity index is 2.12. The number of aliphatic hydroxyl groups is 1. The Morgan fingerprint density at radius 1 is 0.895 bits per heavy atom. The van der Waals surface area contributed by atoms with Crippen molar-refractivity contribution in [2.75, 3.05) is 30.9 Å². The summed E-state index contributed by atoms with van der Waals surface area (Å²) in [6, 6.07) is 12.2. The maximum atomic E-state index is 12.2. The molecule has 0 atom stereocenters. The van der Waals surface area contributed by atoms with E-state index in [0.29, 0.717) is 0 Å². The zero-order chi connectivity index (χ0) is 28.1. The Morgan fingerprint density at radius 3 is 2.24 bits per heavy atom. The summed E-state index contributed by atoms with van der Waals surface area (Å²) in [7, 11) is -7.48. The number of ether oxygens (including phenoxy) is 1. The molecular formula is C22H22N6O8S2. The van der Waals surface area contributed by atoms with Crippen molar-refractivity contribution < 1.29 is 36.0 Å². The second-order valence-electron chi connectivity index (χ2n) is 7.49. The first kappa shape index (κ1) is 28.3. The number of benzene rings is 3. The molecule has 3 aromatic carbocycles. The molecule has 3 rings (SSSR count). The Labute approximate surface area is 217 Å².